The van der Waals surface area contributed by atoms with Crippen LogP contribution in [0.1, 0.15) is 37.9 Å². The molecule has 15 heavy (non-hydrogen) atoms. The number of methoxy groups -OCH3 is 1. The molecular weight excluding hydrogens is 196 g/mol. The molecule has 5 heteroatoms. The molecule has 84 valence electrons. The van der Waals surface area contributed by atoms with Crippen molar-refractivity contribution in [2.45, 2.75) is 32.6 Å². The quantitative estimate of drug-likeness (QED) is 0.712. The van der Waals surface area contributed by atoms with Gasteiger partial charge in [-0.05, 0) is 6.42 Å². The normalized spacial score (nSPS) is 12.7. The Labute approximate surface area is 88.8 Å². The van der Waals surface area contributed by atoms with Crippen molar-refractivity contribution in [2.75, 3.05) is 13.7 Å². The molecule has 1 rings (SSSR count). The van der Waals surface area contributed by atoms with Gasteiger partial charge in [0.05, 0.1) is 6.42 Å². The van der Waals surface area contributed by atoms with Crippen LogP contribution in [-0.2, 0) is 16.0 Å². The van der Waals surface area contributed by atoms with Crippen LogP contribution in [-0.4, -0.2) is 29.6 Å². The highest BCUT2D eigenvalue weighted by Crippen LogP contribution is 2.14. The second-order valence-corrected chi connectivity index (χ2v) is 3.50. The summed E-state index contributed by atoms with van der Waals surface area (Å²) < 4.78 is 9.68. The van der Waals surface area contributed by atoms with Crippen molar-refractivity contribution in [3.8, 4) is 0 Å². The molecule has 5 nitrogen and oxygen atoms in total. The molecule has 0 radical (unpaired) electrons. The van der Waals surface area contributed by atoms with Crippen molar-refractivity contribution in [1.29, 1.82) is 0 Å². The zero-order valence-corrected chi connectivity index (χ0v) is 9.32. The van der Waals surface area contributed by atoms with Gasteiger partial charge >= 0.3 is 0 Å². The van der Waals surface area contributed by atoms with E-state index >= 15 is 0 Å². The number of carbonyl (C=O) groups excluding carboxylic acids is 1. The highest BCUT2D eigenvalue weighted by molar-refractivity contribution is 5.81. The first-order valence-corrected chi connectivity index (χ1v) is 5.00. The van der Waals surface area contributed by atoms with E-state index in [1.807, 2.05) is 6.92 Å². The van der Waals surface area contributed by atoms with Gasteiger partial charge in [-0.25, -0.2) is 0 Å². The molecule has 1 heterocycles. The van der Waals surface area contributed by atoms with Gasteiger partial charge in [-0.2, -0.15) is 4.98 Å². The van der Waals surface area contributed by atoms with Crippen LogP contribution in [0.5, 0.6) is 0 Å². The minimum Gasteiger partial charge on any atom is -0.377 e. The molecule has 1 atom stereocenters. The van der Waals surface area contributed by atoms with Gasteiger partial charge in [-0.3, -0.25) is 4.79 Å². The van der Waals surface area contributed by atoms with E-state index in [0.29, 0.717) is 11.7 Å². The van der Waals surface area contributed by atoms with Crippen molar-refractivity contribution in [2.24, 2.45) is 0 Å². The predicted molar refractivity (Wildman–Crippen MR) is 53.6 cm³/mol. The number of hydrogen-bond acceptors (Lipinski definition) is 5. The van der Waals surface area contributed by atoms with Crippen LogP contribution in [0, 0.1) is 0 Å². The van der Waals surface area contributed by atoms with Gasteiger partial charge in [-0.15, -0.1) is 0 Å². The van der Waals surface area contributed by atoms with Crippen LogP contribution in [0.2, 0.25) is 0 Å². The summed E-state index contributed by atoms with van der Waals surface area (Å²) in [7, 11) is 1.48. The van der Waals surface area contributed by atoms with E-state index in [9.17, 15) is 4.79 Å². The Kier molecular flexibility index (Phi) is 4.42. The molecule has 0 aliphatic carbocycles. The average Bonchev–Trinajstić information content (AvgIpc) is 2.65. The number of ketones is 1. The summed E-state index contributed by atoms with van der Waals surface area (Å²) in [5.41, 5.74) is 0. The highest BCUT2D eigenvalue weighted by atomic mass is 16.5. The van der Waals surface area contributed by atoms with E-state index in [4.69, 9.17) is 9.26 Å². The first-order chi connectivity index (χ1) is 7.17. The standard InChI is InChI=1S/C10H16N2O3/c1-4-7(2)10-11-9(15-12-10)5-8(13)6-14-3/h7H,4-6H2,1-3H3. The van der Waals surface area contributed by atoms with E-state index < -0.39 is 0 Å². The van der Waals surface area contributed by atoms with E-state index in [-0.39, 0.29) is 24.7 Å². The van der Waals surface area contributed by atoms with Crippen molar-refractivity contribution in [3.63, 3.8) is 0 Å². The van der Waals surface area contributed by atoms with E-state index in [1.54, 1.807) is 0 Å². The van der Waals surface area contributed by atoms with Crippen molar-refractivity contribution in [3.05, 3.63) is 11.7 Å². The molecular formula is C10H16N2O3. The summed E-state index contributed by atoms with van der Waals surface area (Å²) in [6, 6.07) is 0. The first-order valence-electron chi connectivity index (χ1n) is 5.00. The molecule has 1 aromatic heterocycles. The topological polar surface area (TPSA) is 65.2 Å². The summed E-state index contributed by atoms with van der Waals surface area (Å²) in [5.74, 6) is 1.24. The van der Waals surface area contributed by atoms with E-state index in [2.05, 4.69) is 17.1 Å². The van der Waals surface area contributed by atoms with Gasteiger partial charge in [-0.1, -0.05) is 19.0 Å². The Morgan fingerprint density at radius 1 is 1.60 bits per heavy atom. The molecule has 0 spiro atoms. The van der Waals surface area contributed by atoms with Crippen LogP contribution >= 0.6 is 0 Å². The number of aromatic nitrogens is 2. The molecule has 0 bridgehead atoms. The lowest BCUT2D eigenvalue weighted by atomic mass is 10.1. The summed E-state index contributed by atoms with van der Waals surface area (Å²) >= 11 is 0. The van der Waals surface area contributed by atoms with Crippen LogP contribution in [0.25, 0.3) is 0 Å². The maximum Gasteiger partial charge on any atom is 0.234 e. The Balaban J connectivity index is 2.56. The van der Waals surface area contributed by atoms with Crippen molar-refractivity contribution >= 4 is 5.78 Å². The third-order valence-corrected chi connectivity index (χ3v) is 2.19. The van der Waals surface area contributed by atoms with Gasteiger partial charge in [0.2, 0.25) is 5.89 Å². The third kappa shape index (κ3) is 3.43. The molecule has 0 aromatic carbocycles. The third-order valence-electron chi connectivity index (χ3n) is 2.19. The fourth-order valence-electron chi connectivity index (χ4n) is 1.10. The maximum absolute atomic E-state index is 11.2. The van der Waals surface area contributed by atoms with E-state index in [0.717, 1.165) is 6.42 Å². The monoisotopic (exact) mass is 212 g/mol. The Hall–Kier alpha value is -1.23. The predicted octanol–water partition coefficient (Wildman–Crippen LogP) is 1.34. The molecule has 0 saturated heterocycles. The van der Waals surface area contributed by atoms with Gasteiger partial charge in [0.1, 0.15) is 6.61 Å². The molecule has 1 unspecified atom stereocenters. The molecule has 0 fully saturated rings. The largest absolute Gasteiger partial charge is 0.377 e. The summed E-state index contributed by atoms with van der Waals surface area (Å²) in [5, 5.41) is 3.82. The SMILES string of the molecule is CCC(C)c1noc(CC(=O)COC)n1. The smallest absolute Gasteiger partial charge is 0.234 e. The second-order valence-electron chi connectivity index (χ2n) is 3.50. The first kappa shape index (κ1) is 11.8. The molecule has 0 N–H and O–H groups in total. The fraction of sp³-hybridized carbons (Fsp3) is 0.700. The molecule has 0 saturated carbocycles. The average molecular weight is 212 g/mol. The van der Waals surface area contributed by atoms with Crippen molar-refractivity contribution < 1.29 is 14.1 Å². The lowest BCUT2D eigenvalue weighted by Crippen LogP contribution is -2.10. The molecule has 0 aliphatic rings. The lowest BCUT2D eigenvalue weighted by molar-refractivity contribution is -0.122. The summed E-state index contributed by atoms with van der Waals surface area (Å²) in [6.07, 6.45) is 1.10. The number of rotatable bonds is 6. The number of nitrogens with zero attached hydrogens (tertiary/aromatic N) is 2. The number of Topliss-reactive ketones (excluding diaryl/α,β-unsaturated/α-hetero) is 1. The van der Waals surface area contributed by atoms with Crippen LogP contribution in [0.15, 0.2) is 4.52 Å². The lowest BCUT2D eigenvalue weighted by Gasteiger charge is -1.98. The fourth-order valence-corrected chi connectivity index (χ4v) is 1.10. The minimum absolute atomic E-state index is 0.0585. The molecule has 0 amide bonds. The Bertz CT molecular complexity index is 322. The molecule has 1 aromatic rings. The summed E-state index contributed by atoms with van der Waals surface area (Å²) in [4.78, 5) is 15.4. The van der Waals surface area contributed by atoms with Gasteiger partial charge in [0.15, 0.2) is 11.6 Å². The second kappa shape index (κ2) is 5.60. The van der Waals surface area contributed by atoms with Crippen LogP contribution in [0.3, 0.4) is 0 Å². The van der Waals surface area contributed by atoms with Crippen molar-refractivity contribution in [1.82, 2.24) is 10.1 Å². The highest BCUT2D eigenvalue weighted by Gasteiger charge is 2.14. The Morgan fingerprint density at radius 2 is 2.33 bits per heavy atom. The Morgan fingerprint density at radius 3 is 2.93 bits per heavy atom. The van der Waals surface area contributed by atoms with Gasteiger partial charge < -0.3 is 9.26 Å². The van der Waals surface area contributed by atoms with Gasteiger partial charge in [0.25, 0.3) is 0 Å². The molecule has 0 aliphatic heterocycles. The zero-order chi connectivity index (χ0) is 11.3. The van der Waals surface area contributed by atoms with E-state index in [1.165, 1.54) is 7.11 Å². The maximum atomic E-state index is 11.2. The van der Waals surface area contributed by atoms with Gasteiger partial charge in [0, 0.05) is 13.0 Å². The van der Waals surface area contributed by atoms with Crippen LogP contribution < -0.4 is 0 Å². The number of carbonyl (C=O) groups is 1. The van der Waals surface area contributed by atoms with Crippen LogP contribution in [0.4, 0.5) is 0 Å². The number of hydrogen-bond donors (Lipinski definition) is 0. The summed E-state index contributed by atoms with van der Waals surface area (Å²) in [6.45, 7) is 4.16. The zero-order valence-electron chi connectivity index (χ0n) is 9.32. The number of ether oxygens (including phenoxy) is 1. The minimum atomic E-state index is -0.0585.